The van der Waals surface area contributed by atoms with Gasteiger partial charge in [-0.15, -0.1) is 0 Å². The van der Waals surface area contributed by atoms with Gasteiger partial charge in [0.25, 0.3) is 0 Å². The molecule has 6 nitrogen and oxygen atoms in total. The highest BCUT2D eigenvalue weighted by molar-refractivity contribution is 7.93. The minimum atomic E-state index is -3.80. The van der Waals surface area contributed by atoms with Gasteiger partial charge in [-0.2, -0.15) is 0 Å². The number of amides is 1. The highest BCUT2D eigenvalue weighted by Crippen LogP contribution is 2.48. The highest BCUT2D eigenvalue weighted by Gasteiger charge is 2.71. The van der Waals surface area contributed by atoms with Crippen LogP contribution in [-0.4, -0.2) is 46.5 Å². The zero-order valence-corrected chi connectivity index (χ0v) is 13.1. The molecule has 2 aliphatic heterocycles. The maximum absolute atomic E-state index is 12.5. The van der Waals surface area contributed by atoms with E-state index < -0.39 is 43.8 Å². The molecular formula is C15H17NO5S. The van der Waals surface area contributed by atoms with Gasteiger partial charge in [-0.05, 0) is 19.4 Å². The monoisotopic (exact) mass is 323 g/mol. The predicted molar refractivity (Wildman–Crippen MR) is 78.3 cm³/mol. The van der Waals surface area contributed by atoms with E-state index in [0.717, 1.165) is 10.5 Å². The average molecular weight is 323 g/mol. The van der Waals surface area contributed by atoms with E-state index in [2.05, 4.69) is 0 Å². The van der Waals surface area contributed by atoms with Crippen LogP contribution in [-0.2, 0) is 25.8 Å². The van der Waals surface area contributed by atoms with Crippen molar-refractivity contribution in [2.24, 2.45) is 5.92 Å². The molecule has 1 aromatic rings. The number of hydrogen-bond acceptors (Lipinski definition) is 5. The number of carbonyl (C=O) groups is 2. The Balaban J connectivity index is 1.89. The number of aliphatic hydroxyl groups excluding tert-OH is 1. The van der Waals surface area contributed by atoms with Crippen LogP contribution in [0.15, 0.2) is 30.3 Å². The van der Waals surface area contributed by atoms with Crippen LogP contribution in [0.2, 0.25) is 0 Å². The van der Waals surface area contributed by atoms with E-state index in [1.165, 1.54) is 13.8 Å². The molecule has 1 N–H and O–H groups in total. The number of ketones is 1. The number of carbonyl (C=O) groups excluding carboxylic acids is 2. The van der Waals surface area contributed by atoms with E-state index in [4.69, 9.17) is 0 Å². The summed E-state index contributed by atoms with van der Waals surface area (Å²) in [5.74, 6) is -2.24. The zero-order chi connectivity index (χ0) is 16.3. The van der Waals surface area contributed by atoms with E-state index in [1.54, 1.807) is 24.3 Å². The first-order valence-electron chi connectivity index (χ1n) is 7.00. The lowest BCUT2D eigenvalue weighted by atomic mass is 9.89. The summed E-state index contributed by atoms with van der Waals surface area (Å²) in [7, 11) is -3.80. The van der Waals surface area contributed by atoms with Gasteiger partial charge in [-0.1, -0.05) is 30.3 Å². The molecule has 2 unspecified atom stereocenters. The maximum atomic E-state index is 12.5. The fourth-order valence-corrected chi connectivity index (χ4v) is 5.25. The molecule has 0 bridgehead atoms. The number of Topliss-reactive ketones (excluding diaryl/α,β-unsaturated/α-hetero) is 1. The van der Waals surface area contributed by atoms with Crippen LogP contribution < -0.4 is 0 Å². The van der Waals surface area contributed by atoms with E-state index >= 15 is 0 Å². The van der Waals surface area contributed by atoms with Crippen LogP contribution in [0.5, 0.6) is 0 Å². The topological polar surface area (TPSA) is 91.8 Å². The normalized spacial score (nSPS) is 31.5. The number of nitrogens with zero attached hydrogens (tertiary/aromatic N) is 1. The zero-order valence-electron chi connectivity index (χ0n) is 12.3. The summed E-state index contributed by atoms with van der Waals surface area (Å²) in [5.41, 5.74) is 0.731. The van der Waals surface area contributed by atoms with Gasteiger partial charge in [0.2, 0.25) is 5.91 Å². The van der Waals surface area contributed by atoms with Crippen LogP contribution in [0.1, 0.15) is 19.4 Å². The van der Waals surface area contributed by atoms with Crippen LogP contribution in [0.4, 0.5) is 0 Å². The van der Waals surface area contributed by atoms with Crippen molar-refractivity contribution < 1.29 is 23.1 Å². The lowest BCUT2D eigenvalue weighted by Crippen LogP contribution is -2.64. The molecule has 118 valence electrons. The second-order valence-corrected chi connectivity index (χ2v) is 8.89. The number of hydrogen-bond donors (Lipinski definition) is 1. The molecule has 0 radical (unpaired) electrons. The standard InChI is InChI=1S/C15H17NO5S/c1-15(2)14(19)16-12(18)11(13(16)22(15,20)21)10(17)8-9-6-4-3-5-7-9/h3-7,11,13-14,19H,8H2,1-2H3/t11?,13-,14?/m1/s1. The molecule has 3 rings (SSSR count). The average Bonchev–Trinajstić information content (AvgIpc) is 2.55. The fourth-order valence-electron chi connectivity index (χ4n) is 3.07. The highest BCUT2D eigenvalue weighted by atomic mass is 32.2. The quantitative estimate of drug-likeness (QED) is 0.629. The Kier molecular flexibility index (Phi) is 3.19. The van der Waals surface area contributed by atoms with Crippen LogP contribution in [0.25, 0.3) is 0 Å². The smallest absolute Gasteiger partial charge is 0.239 e. The summed E-state index contributed by atoms with van der Waals surface area (Å²) in [4.78, 5) is 25.4. The molecule has 2 heterocycles. The van der Waals surface area contributed by atoms with Crippen molar-refractivity contribution >= 4 is 21.5 Å². The number of sulfone groups is 1. The summed E-state index contributed by atoms with van der Waals surface area (Å²) in [6, 6.07) is 8.86. The summed E-state index contributed by atoms with van der Waals surface area (Å²) in [6.45, 7) is 2.74. The van der Waals surface area contributed by atoms with Crippen molar-refractivity contribution in [2.45, 2.75) is 36.6 Å². The van der Waals surface area contributed by atoms with Crippen molar-refractivity contribution in [1.82, 2.24) is 4.90 Å². The molecule has 2 aliphatic rings. The minimum absolute atomic E-state index is 0.00757. The van der Waals surface area contributed by atoms with Gasteiger partial charge in [0.1, 0.15) is 16.9 Å². The number of fused-ring (bicyclic) bond motifs is 1. The van der Waals surface area contributed by atoms with Crippen LogP contribution >= 0.6 is 0 Å². The van der Waals surface area contributed by atoms with Crippen molar-refractivity contribution in [3.05, 3.63) is 35.9 Å². The van der Waals surface area contributed by atoms with Crippen molar-refractivity contribution in [3.63, 3.8) is 0 Å². The maximum Gasteiger partial charge on any atom is 0.239 e. The van der Waals surface area contributed by atoms with Gasteiger partial charge >= 0.3 is 0 Å². The molecule has 2 saturated heterocycles. The van der Waals surface area contributed by atoms with Crippen LogP contribution in [0, 0.1) is 5.92 Å². The first kappa shape index (κ1) is 15.2. The van der Waals surface area contributed by atoms with Gasteiger partial charge in [0.05, 0.1) is 0 Å². The summed E-state index contributed by atoms with van der Waals surface area (Å²) >= 11 is 0. The Morgan fingerprint density at radius 2 is 1.86 bits per heavy atom. The lowest BCUT2D eigenvalue weighted by molar-refractivity contribution is -0.168. The third kappa shape index (κ3) is 1.78. The minimum Gasteiger partial charge on any atom is -0.372 e. The third-order valence-corrected chi connectivity index (χ3v) is 7.40. The Labute approximate surface area is 128 Å². The molecule has 0 aliphatic carbocycles. The molecule has 1 aromatic carbocycles. The second kappa shape index (κ2) is 4.63. The lowest BCUT2D eigenvalue weighted by Gasteiger charge is -2.41. The Morgan fingerprint density at radius 3 is 2.45 bits per heavy atom. The van der Waals surface area contributed by atoms with Crippen LogP contribution in [0.3, 0.4) is 0 Å². The molecule has 22 heavy (non-hydrogen) atoms. The van der Waals surface area contributed by atoms with Gasteiger partial charge in [0.15, 0.2) is 21.0 Å². The number of β-lactam (4-membered cyclic amide) rings is 1. The summed E-state index contributed by atoms with van der Waals surface area (Å²) in [6.07, 6.45) is -1.40. The number of rotatable bonds is 3. The first-order chi connectivity index (χ1) is 10.2. The Hall–Kier alpha value is -1.73. The number of aliphatic hydroxyl groups is 1. The molecule has 7 heteroatoms. The van der Waals surface area contributed by atoms with E-state index in [1.807, 2.05) is 6.07 Å². The van der Waals surface area contributed by atoms with E-state index in [-0.39, 0.29) is 6.42 Å². The largest absolute Gasteiger partial charge is 0.372 e. The van der Waals surface area contributed by atoms with Crippen molar-refractivity contribution in [1.29, 1.82) is 0 Å². The number of benzene rings is 1. The fraction of sp³-hybridized carbons (Fsp3) is 0.467. The molecule has 0 spiro atoms. The van der Waals surface area contributed by atoms with Gasteiger partial charge < -0.3 is 5.11 Å². The molecule has 0 aromatic heterocycles. The molecule has 3 atom stereocenters. The summed E-state index contributed by atoms with van der Waals surface area (Å²) in [5, 5.41) is 8.82. The Morgan fingerprint density at radius 1 is 1.27 bits per heavy atom. The molecular weight excluding hydrogens is 306 g/mol. The van der Waals surface area contributed by atoms with Gasteiger partial charge in [-0.3, -0.25) is 14.5 Å². The second-order valence-electron chi connectivity index (χ2n) is 6.26. The molecule has 1 amide bonds. The summed E-state index contributed by atoms with van der Waals surface area (Å²) < 4.78 is 23.5. The Bertz CT molecular complexity index is 740. The molecule has 2 fully saturated rings. The van der Waals surface area contributed by atoms with E-state index in [0.29, 0.717) is 0 Å². The van der Waals surface area contributed by atoms with Crippen molar-refractivity contribution in [3.8, 4) is 0 Å². The van der Waals surface area contributed by atoms with E-state index in [9.17, 15) is 23.1 Å². The third-order valence-electron chi connectivity index (χ3n) is 4.58. The first-order valence-corrected chi connectivity index (χ1v) is 8.54. The van der Waals surface area contributed by atoms with Crippen molar-refractivity contribution in [2.75, 3.05) is 0 Å². The van der Waals surface area contributed by atoms with Gasteiger partial charge in [0, 0.05) is 6.42 Å². The van der Waals surface area contributed by atoms with Gasteiger partial charge in [-0.25, -0.2) is 8.42 Å². The molecule has 0 saturated carbocycles. The SMILES string of the molecule is CC1(C)C(O)N2C(=O)C(C(=O)Cc3ccccc3)[C@H]2S1(=O)=O. The predicted octanol–water partition coefficient (Wildman–Crippen LogP) is 0.108.